The summed E-state index contributed by atoms with van der Waals surface area (Å²) in [7, 11) is 0. The second-order valence-corrected chi connectivity index (χ2v) is 6.76. The lowest BCUT2D eigenvalue weighted by molar-refractivity contribution is -0.0431. The number of rotatable bonds is 1. The van der Waals surface area contributed by atoms with Crippen LogP contribution in [0.2, 0.25) is 0 Å². The molecule has 6 heteroatoms. The largest absolute Gasteiger partial charge is 0.449 e. The van der Waals surface area contributed by atoms with Crippen molar-refractivity contribution in [2.24, 2.45) is 0 Å². The molecular formula is C17H13BrN2O3. The van der Waals surface area contributed by atoms with Crippen molar-refractivity contribution in [3.8, 4) is 22.8 Å². The first-order valence-electron chi connectivity index (χ1n) is 7.13. The monoisotopic (exact) mass is 372 g/mol. The topological polar surface area (TPSA) is 64.2 Å². The third kappa shape index (κ3) is 2.49. The van der Waals surface area contributed by atoms with Gasteiger partial charge in [-0.05, 0) is 12.1 Å². The third-order valence-corrected chi connectivity index (χ3v) is 4.06. The van der Waals surface area contributed by atoms with Crippen LogP contribution in [0.25, 0.3) is 22.3 Å². The molecule has 116 valence electrons. The van der Waals surface area contributed by atoms with E-state index >= 15 is 0 Å². The Bertz CT molecular complexity index is 995. The van der Waals surface area contributed by atoms with Crippen LogP contribution in [-0.2, 0) is 0 Å². The van der Waals surface area contributed by atoms with Crippen LogP contribution in [0.3, 0.4) is 0 Å². The Balaban J connectivity index is 1.91. The highest BCUT2D eigenvalue weighted by atomic mass is 79.9. The molecule has 0 spiro atoms. The number of halogens is 1. The maximum atomic E-state index is 12.4. The third-order valence-electron chi connectivity index (χ3n) is 3.57. The van der Waals surface area contributed by atoms with Crippen LogP contribution in [0.5, 0.6) is 11.5 Å². The molecule has 1 N–H and O–H groups in total. The molecule has 0 saturated heterocycles. The van der Waals surface area contributed by atoms with Crippen molar-refractivity contribution in [1.29, 1.82) is 0 Å². The molecule has 1 aromatic heterocycles. The Kier molecular flexibility index (Phi) is 2.99. The van der Waals surface area contributed by atoms with E-state index in [-0.39, 0.29) is 5.56 Å². The number of hydrogen-bond acceptors (Lipinski definition) is 4. The summed E-state index contributed by atoms with van der Waals surface area (Å²) in [4.78, 5) is 19.7. The molecule has 0 amide bonds. The van der Waals surface area contributed by atoms with Crippen LogP contribution in [0, 0.1) is 0 Å². The van der Waals surface area contributed by atoms with Gasteiger partial charge < -0.3 is 14.5 Å². The fourth-order valence-corrected chi connectivity index (χ4v) is 3.04. The first-order chi connectivity index (χ1) is 10.9. The summed E-state index contributed by atoms with van der Waals surface area (Å²) in [6.07, 6.45) is 0. The first kappa shape index (κ1) is 14.3. The van der Waals surface area contributed by atoms with Gasteiger partial charge in [0.25, 0.3) is 5.56 Å². The minimum atomic E-state index is -0.715. The number of H-pyrrole nitrogens is 1. The van der Waals surface area contributed by atoms with Crippen LogP contribution < -0.4 is 15.0 Å². The fraction of sp³-hybridized carbons (Fsp3) is 0.176. The van der Waals surface area contributed by atoms with Gasteiger partial charge in [0.1, 0.15) is 5.69 Å². The molecule has 0 fully saturated rings. The van der Waals surface area contributed by atoms with Crippen molar-refractivity contribution in [2.45, 2.75) is 19.6 Å². The van der Waals surface area contributed by atoms with E-state index < -0.39 is 5.79 Å². The van der Waals surface area contributed by atoms with Crippen molar-refractivity contribution in [3.05, 3.63) is 51.2 Å². The maximum Gasteiger partial charge on any atom is 0.274 e. The SMILES string of the molecule is CC1(C)Oc2cc3nc(-c4cccc(Br)c4)c(=O)[nH]c3cc2O1. The molecule has 0 atom stereocenters. The van der Waals surface area contributed by atoms with Gasteiger partial charge in [-0.3, -0.25) is 4.79 Å². The molecule has 23 heavy (non-hydrogen) atoms. The normalized spacial score (nSPS) is 15.1. The Morgan fingerprint density at radius 2 is 1.87 bits per heavy atom. The zero-order valence-electron chi connectivity index (χ0n) is 12.5. The molecule has 1 aliphatic rings. The molecule has 0 aliphatic carbocycles. The van der Waals surface area contributed by atoms with Crippen molar-refractivity contribution >= 4 is 27.0 Å². The number of nitrogens with one attached hydrogen (secondary N) is 1. The van der Waals surface area contributed by atoms with Crippen molar-refractivity contribution in [3.63, 3.8) is 0 Å². The van der Waals surface area contributed by atoms with E-state index in [0.29, 0.717) is 28.2 Å². The summed E-state index contributed by atoms with van der Waals surface area (Å²) < 4.78 is 12.3. The van der Waals surface area contributed by atoms with Gasteiger partial charge >= 0.3 is 0 Å². The molecule has 2 aromatic carbocycles. The Morgan fingerprint density at radius 1 is 1.13 bits per heavy atom. The number of ether oxygens (including phenoxy) is 2. The van der Waals surface area contributed by atoms with Crippen LogP contribution in [0.1, 0.15) is 13.8 Å². The van der Waals surface area contributed by atoms with E-state index in [1.165, 1.54) is 0 Å². The summed E-state index contributed by atoms with van der Waals surface area (Å²) in [5.74, 6) is 0.519. The summed E-state index contributed by atoms with van der Waals surface area (Å²) in [6.45, 7) is 3.67. The van der Waals surface area contributed by atoms with Gasteiger partial charge in [0.05, 0.1) is 11.0 Å². The average molecular weight is 373 g/mol. The number of benzene rings is 2. The van der Waals surface area contributed by atoms with Crippen molar-refractivity contribution in [1.82, 2.24) is 9.97 Å². The zero-order valence-corrected chi connectivity index (χ0v) is 14.1. The van der Waals surface area contributed by atoms with E-state index in [4.69, 9.17) is 9.47 Å². The summed E-state index contributed by atoms with van der Waals surface area (Å²) in [5, 5.41) is 0. The van der Waals surface area contributed by atoms with E-state index in [1.807, 2.05) is 38.1 Å². The first-order valence-corrected chi connectivity index (χ1v) is 7.93. The van der Waals surface area contributed by atoms with Gasteiger partial charge in [0.2, 0.25) is 5.79 Å². The van der Waals surface area contributed by atoms with Gasteiger partial charge in [0, 0.05) is 36.0 Å². The Hall–Kier alpha value is -2.34. The minimum absolute atomic E-state index is 0.242. The Labute approximate surface area is 140 Å². The van der Waals surface area contributed by atoms with Gasteiger partial charge in [-0.2, -0.15) is 0 Å². The van der Waals surface area contributed by atoms with E-state index in [9.17, 15) is 4.79 Å². The van der Waals surface area contributed by atoms with Gasteiger partial charge in [-0.25, -0.2) is 4.98 Å². The van der Waals surface area contributed by atoms with Crippen LogP contribution in [0.15, 0.2) is 45.7 Å². The molecule has 3 aromatic rings. The molecule has 2 heterocycles. The zero-order chi connectivity index (χ0) is 16.2. The molecule has 0 saturated carbocycles. The lowest BCUT2D eigenvalue weighted by Crippen LogP contribution is -2.29. The van der Waals surface area contributed by atoms with Crippen LogP contribution in [-0.4, -0.2) is 15.8 Å². The number of aromatic amines is 1. The lowest BCUT2D eigenvalue weighted by atomic mass is 10.1. The number of nitrogens with zero attached hydrogens (tertiary/aromatic N) is 1. The van der Waals surface area contributed by atoms with Gasteiger partial charge in [-0.1, -0.05) is 28.1 Å². The lowest BCUT2D eigenvalue weighted by Gasteiger charge is -2.16. The van der Waals surface area contributed by atoms with Crippen molar-refractivity contribution in [2.75, 3.05) is 0 Å². The standard InChI is InChI=1S/C17H13BrN2O3/c1-17(2)22-13-7-11-12(8-14(13)23-17)20-16(21)15(19-11)9-4-3-5-10(18)6-9/h3-8H,1-2H3,(H,20,21). The number of aromatic nitrogens is 2. The highest BCUT2D eigenvalue weighted by Crippen LogP contribution is 2.41. The summed E-state index contributed by atoms with van der Waals surface area (Å²) >= 11 is 3.41. The molecule has 1 aliphatic heterocycles. The van der Waals surface area contributed by atoms with E-state index in [0.717, 1.165) is 10.0 Å². The number of fused-ring (bicyclic) bond motifs is 2. The number of hydrogen-bond donors (Lipinski definition) is 1. The highest BCUT2D eigenvalue weighted by Gasteiger charge is 2.32. The molecular weight excluding hydrogens is 360 g/mol. The smallest absolute Gasteiger partial charge is 0.274 e. The minimum Gasteiger partial charge on any atom is -0.449 e. The Morgan fingerprint density at radius 3 is 2.61 bits per heavy atom. The van der Waals surface area contributed by atoms with Gasteiger partial charge in [-0.15, -0.1) is 0 Å². The van der Waals surface area contributed by atoms with E-state index in [2.05, 4.69) is 25.9 Å². The average Bonchev–Trinajstić information content (AvgIpc) is 2.77. The predicted octanol–water partition coefficient (Wildman–Crippen LogP) is 3.86. The van der Waals surface area contributed by atoms with Crippen LogP contribution >= 0.6 is 15.9 Å². The maximum absolute atomic E-state index is 12.4. The summed E-state index contributed by atoms with van der Waals surface area (Å²) in [6, 6.07) is 11.0. The molecule has 0 radical (unpaired) electrons. The molecule has 5 nitrogen and oxygen atoms in total. The van der Waals surface area contributed by atoms with E-state index in [1.54, 1.807) is 12.1 Å². The van der Waals surface area contributed by atoms with Crippen LogP contribution in [0.4, 0.5) is 0 Å². The molecule has 0 bridgehead atoms. The predicted molar refractivity (Wildman–Crippen MR) is 90.8 cm³/mol. The molecule has 0 unspecified atom stereocenters. The van der Waals surface area contributed by atoms with Crippen molar-refractivity contribution < 1.29 is 9.47 Å². The summed E-state index contributed by atoms with van der Waals surface area (Å²) in [5.41, 5.74) is 2.15. The highest BCUT2D eigenvalue weighted by molar-refractivity contribution is 9.10. The fourth-order valence-electron chi connectivity index (χ4n) is 2.64. The second-order valence-electron chi connectivity index (χ2n) is 5.84. The van der Waals surface area contributed by atoms with Gasteiger partial charge in [0.15, 0.2) is 11.5 Å². The molecule has 4 rings (SSSR count). The second kappa shape index (κ2) is 4.83. The quantitative estimate of drug-likeness (QED) is 0.704.